The molecule has 0 unspecified atom stereocenters. The van der Waals surface area contributed by atoms with Crippen LogP contribution in [0.3, 0.4) is 0 Å². The Hall–Kier alpha value is -0.100. The van der Waals surface area contributed by atoms with Gasteiger partial charge in [-0.15, -0.1) is 11.3 Å². The first-order valence-electron chi connectivity index (χ1n) is 5.66. The molecule has 1 rings (SSSR count). The van der Waals surface area contributed by atoms with Crippen LogP contribution in [0.15, 0.2) is 9.72 Å². The lowest BCUT2D eigenvalue weighted by Crippen LogP contribution is -2.19. The molecule has 0 spiro atoms. The van der Waals surface area contributed by atoms with Crippen molar-refractivity contribution in [2.24, 2.45) is 0 Å². The quantitative estimate of drug-likeness (QED) is 0.546. The first-order chi connectivity index (χ1) is 7.83. The van der Waals surface area contributed by atoms with Crippen LogP contribution in [-0.4, -0.2) is 37.0 Å². The van der Waals surface area contributed by atoms with Crippen LogP contribution in [0.4, 0.5) is 0 Å². The van der Waals surface area contributed by atoms with E-state index in [4.69, 9.17) is 4.74 Å². The molecule has 1 aromatic rings. The van der Waals surface area contributed by atoms with Crippen molar-refractivity contribution < 1.29 is 4.74 Å². The summed E-state index contributed by atoms with van der Waals surface area (Å²) in [7, 11) is 0. The number of nitrogens with one attached hydrogen (secondary N) is 1. The molecule has 1 heterocycles. The van der Waals surface area contributed by atoms with Gasteiger partial charge in [0.05, 0.1) is 0 Å². The first kappa shape index (κ1) is 14.0. The van der Waals surface area contributed by atoms with Crippen molar-refractivity contribution in [3.05, 3.63) is 11.1 Å². The Morgan fingerprint density at radius 1 is 1.50 bits per heavy atom. The Bertz CT molecular complexity index is 279. The maximum absolute atomic E-state index is 5.26. The second-order valence-electron chi connectivity index (χ2n) is 3.40. The number of rotatable bonds is 9. The van der Waals surface area contributed by atoms with Gasteiger partial charge in [-0.3, -0.25) is 0 Å². The molecule has 1 aromatic heterocycles. The predicted octanol–water partition coefficient (Wildman–Crippen LogP) is 2.56. The number of thiazole rings is 1. The van der Waals surface area contributed by atoms with E-state index in [-0.39, 0.29) is 0 Å². The molecule has 0 aliphatic carbocycles. The van der Waals surface area contributed by atoms with Gasteiger partial charge >= 0.3 is 0 Å². The second kappa shape index (κ2) is 8.98. The molecule has 1 N–H and O–H groups in total. The van der Waals surface area contributed by atoms with Crippen molar-refractivity contribution in [1.82, 2.24) is 10.3 Å². The number of nitrogens with zero attached hydrogens (tertiary/aromatic N) is 1. The molecule has 16 heavy (non-hydrogen) atoms. The highest BCUT2D eigenvalue weighted by atomic mass is 32.2. The van der Waals surface area contributed by atoms with Crippen molar-refractivity contribution >= 4 is 23.1 Å². The number of hydrogen-bond donors (Lipinski definition) is 1. The normalized spacial score (nSPS) is 10.9. The summed E-state index contributed by atoms with van der Waals surface area (Å²) in [5, 5.41) is 5.49. The zero-order chi connectivity index (χ0) is 11.6. The van der Waals surface area contributed by atoms with Gasteiger partial charge < -0.3 is 10.1 Å². The van der Waals surface area contributed by atoms with Gasteiger partial charge in [-0.2, -0.15) is 0 Å². The lowest BCUT2D eigenvalue weighted by Gasteiger charge is -2.03. The van der Waals surface area contributed by atoms with Gasteiger partial charge in [0.15, 0.2) is 0 Å². The SMILES string of the molecule is CCOCCCNCCSc1nc(C)cs1. The Kier molecular flexibility index (Phi) is 7.84. The summed E-state index contributed by atoms with van der Waals surface area (Å²) in [6, 6.07) is 0. The topological polar surface area (TPSA) is 34.1 Å². The molecule has 0 radical (unpaired) electrons. The third kappa shape index (κ3) is 6.48. The van der Waals surface area contributed by atoms with Crippen molar-refractivity contribution in [3.8, 4) is 0 Å². The Labute approximate surface area is 106 Å². The van der Waals surface area contributed by atoms with Crippen LogP contribution in [0.2, 0.25) is 0 Å². The highest BCUT2D eigenvalue weighted by molar-refractivity contribution is 8.01. The molecule has 92 valence electrons. The molecule has 0 bridgehead atoms. The molecular formula is C11H20N2OS2. The number of thioether (sulfide) groups is 1. The summed E-state index contributed by atoms with van der Waals surface area (Å²) in [5.74, 6) is 1.08. The molecule has 0 aliphatic rings. The molecule has 0 saturated carbocycles. The van der Waals surface area contributed by atoms with Crippen LogP contribution < -0.4 is 5.32 Å². The van der Waals surface area contributed by atoms with Gasteiger partial charge in [0, 0.05) is 36.6 Å². The number of hydrogen-bond acceptors (Lipinski definition) is 5. The Morgan fingerprint density at radius 2 is 2.38 bits per heavy atom. The van der Waals surface area contributed by atoms with E-state index in [0.717, 1.165) is 44.2 Å². The zero-order valence-corrected chi connectivity index (χ0v) is 11.6. The average molecular weight is 260 g/mol. The molecule has 0 saturated heterocycles. The highest BCUT2D eigenvalue weighted by Crippen LogP contribution is 2.21. The van der Waals surface area contributed by atoms with Gasteiger partial charge in [-0.05, 0) is 26.8 Å². The summed E-state index contributed by atoms with van der Waals surface area (Å²) < 4.78 is 6.43. The summed E-state index contributed by atoms with van der Waals surface area (Å²) in [4.78, 5) is 4.40. The zero-order valence-electron chi connectivity index (χ0n) is 9.99. The maximum Gasteiger partial charge on any atom is 0.150 e. The van der Waals surface area contributed by atoms with Gasteiger partial charge in [0.1, 0.15) is 4.34 Å². The van der Waals surface area contributed by atoms with E-state index < -0.39 is 0 Å². The lowest BCUT2D eigenvalue weighted by molar-refractivity contribution is 0.145. The average Bonchev–Trinajstić information content (AvgIpc) is 2.68. The summed E-state index contributed by atoms with van der Waals surface area (Å²) in [6.07, 6.45) is 1.09. The van der Waals surface area contributed by atoms with E-state index in [2.05, 4.69) is 15.7 Å². The lowest BCUT2D eigenvalue weighted by atomic mass is 10.4. The van der Waals surface area contributed by atoms with Crippen molar-refractivity contribution in [2.75, 3.05) is 32.1 Å². The monoisotopic (exact) mass is 260 g/mol. The highest BCUT2D eigenvalue weighted by Gasteiger charge is 1.98. The fraction of sp³-hybridized carbons (Fsp3) is 0.727. The minimum atomic E-state index is 0.819. The third-order valence-corrected chi connectivity index (χ3v) is 4.09. The summed E-state index contributed by atoms with van der Waals surface area (Å²) in [5.41, 5.74) is 1.12. The van der Waals surface area contributed by atoms with E-state index in [0.29, 0.717) is 0 Å². The van der Waals surface area contributed by atoms with Crippen LogP contribution in [0.25, 0.3) is 0 Å². The minimum absolute atomic E-state index is 0.819. The largest absolute Gasteiger partial charge is 0.382 e. The van der Waals surface area contributed by atoms with Gasteiger partial charge in [-0.1, -0.05) is 11.8 Å². The molecule has 5 heteroatoms. The first-order valence-corrected chi connectivity index (χ1v) is 7.53. The van der Waals surface area contributed by atoms with Crippen LogP contribution in [0.5, 0.6) is 0 Å². The van der Waals surface area contributed by atoms with Crippen LogP contribution in [0.1, 0.15) is 19.0 Å². The number of aromatic nitrogens is 1. The van der Waals surface area contributed by atoms with Gasteiger partial charge in [0.2, 0.25) is 0 Å². The second-order valence-corrected chi connectivity index (χ2v) is 5.60. The van der Waals surface area contributed by atoms with E-state index in [9.17, 15) is 0 Å². The Balaban J connectivity index is 1.88. The molecule has 0 aromatic carbocycles. The summed E-state index contributed by atoms with van der Waals surface area (Å²) >= 11 is 3.55. The van der Waals surface area contributed by atoms with E-state index in [1.807, 2.05) is 25.6 Å². The fourth-order valence-electron chi connectivity index (χ4n) is 1.18. The van der Waals surface area contributed by atoms with Crippen LogP contribution >= 0.6 is 23.1 Å². The van der Waals surface area contributed by atoms with E-state index in [1.165, 1.54) is 4.34 Å². The van der Waals surface area contributed by atoms with E-state index in [1.54, 1.807) is 11.3 Å². The minimum Gasteiger partial charge on any atom is -0.382 e. The number of aryl methyl sites for hydroxylation is 1. The van der Waals surface area contributed by atoms with Crippen LogP contribution in [-0.2, 0) is 4.74 Å². The molecule has 3 nitrogen and oxygen atoms in total. The molecule has 0 aliphatic heterocycles. The molecule has 0 amide bonds. The Morgan fingerprint density at radius 3 is 3.06 bits per heavy atom. The standard InChI is InChI=1S/C11H20N2OS2/c1-3-14-7-4-5-12-6-8-15-11-13-10(2)9-16-11/h9,12H,3-8H2,1-2H3. The van der Waals surface area contributed by atoms with Crippen molar-refractivity contribution in [2.45, 2.75) is 24.6 Å². The predicted molar refractivity (Wildman–Crippen MR) is 71.6 cm³/mol. The maximum atomic E-state index is 5.26. The number of ether oxygens (including phenoxy) is 1. The molecular weight excluding hydrogens is 240 g/mol. The van der Waals surface area contributed by atoms with E-state index >= 15 is 0 Å². The van der Waals surface area contributed by atoms with Gasteiger partial charge in [-0.25, -0.2) is 4.98 Å². The fourth-order valence-corrected chi connectivity index (χ4v) is 2.99. The van der Waals surface area contributed by atoms with Crippen molar-refractivity contribution in [1.29, 1.82) is 0 Å². The summed E-state index contributed by atoms with van der Waals surface area (Å²) in [6.45, 7) is 7.82. The molecule has 0 atom stereocenters. The smallest absolute Gasteiger partial charge is 0.150 e. The van der Waals surface area contributed by atoms with Crippen molar-refractivity contribution in [3.63, 3.8) is 0 Å². The van der Waals surface area contributed by atoms with Crippen LogP contribution in [0, 0.1) is 6.92 Å². The molecule has 0 fully saturated rings. The van der Waals surface area contributed by atoms with Gasteiger partial charge in [0.25, 0.3) is 0 Å². The third-order valence-electron chi connectivity index (χ3n) is 1.95.